The number of hydrogen-bond acceptors (Lipinski definition) is 2. The van der Waals surface area contributed by atoms with E-state index < -0.39 is 0 Å². The van der Waals surface area contributed by atoms with E-state index in [9.17, 15) is 4.79 Å². The maximum absolute atomic E-state index is 12.0. The van der Waals surface area contributed by atoms with Crippen molar-refractivity contribution in [3.05, 3.63) is 77.4 Å². The molecule has 2 aromatic carbocycles. The van der Waals surface area contributed by atoms with Crippen molar-refractivity contribution in [2.45, 2.75) is 20.3 Å². The fourth-order valence-corrected chi connectivity index (χ4v) is 1.88. The van der Waals surface area contributed by atoms with E-state index in [4.69, 9.17) is 0 Å². The topological polar surface area (TPSA) is 41.5 Å². The van der Waals surface area contributed by atoms with E-state index in [1.54, 1.807) is 12.1 Å². The summed E-state index contributed by atoms with van der Waals surface area (Å²) in [7, 11) is 0. The third kappa shape index (κ3) is 4.70. The van der Waals surface area contributed by atoms with E-state index >= 15 is 0 Å². The van der Waals surface area contributed by atoms with Gasteiger partial charge in [-0.15, -0.1) is 0 Å². The predicted molar refractivity (Wildman–Crippen MR) is 91.8 cm³/mol. The second-order valence-electron chi connectivity index (χ2n) is 5.01. The summed E-state index contributed by atoms with van der Waals surface area (Å²) in [4.78, 5) is 12.0. The molecule has 1 amide bonds. The van der Waals surface area contributed by atoms with E-state index in [-0.39, 0.29) is 5.91 Å². The molecular weight excluding hydrogens is 272 g/mol. The molecule has 0 unspecified atom stereocenters. The zero-order valence-corrected chi connectivity index (χ0v) is 12.9. The first-order valence-electron chi connectivity index (χ1n) is 7.35. The van der Waals surface area contributed by atoms with Gasteiger partial charge in [0.2, 0.25) is 0 Å². The van der Waals surface area contributed by atoms with Crippen molar-refractivity contribution >= 4 is 17.7 Å². The van der Waals surface area contributed by atoms with Crippen molar-refractivity contribution in [2.24, 2.45) is 5.10 Å². The molecular formula is C19H20N2O. The molecule has 0 fully saturated rings. The van der Waals surface area contributed by atoms with E-state index in [0.717, 1.165) is 23.3 Å². The highest BCUT2D eigenvalue weighted by Gasteiger charge is 2.03. The molecule has 0 aliphatic heterocycles. The van der Waals surface area contributed by atoms with Crippen LogP contribution in [-0.4, -0.2) is 11.6 Å². The third-order valence-electron chi connectivity index (χ3n) is 3.24. The van der Waals surface area contributed by atoms with Crippen LogP contribution in [0.15, 0.2) is 65.8 Å². The van der Waals surface area contributed by atoms with E-state index in [2.05, 4.69) is 10.5 Å². The fraction of sp³-hybridized carbons (Fsp3) is 0.158. The molecule has 1 N–H and O–H groups in total. The van der Waals surface area contributed by atoms with E-state index in [0.29, 0.717) is 5.56 Å². The van der Waals surface area contributed by atoms with Crippen LogP contribution in [0.1, 0.15) is 34.8 Å². The number of amides is 1. The molecule has 22 heavy (non-hydrogen) atoms. The molecule has 0 aliphatic rings. The van der Waals surface area contributed by atoms with Crippen LogP contribution in [0, 0.1) is 6.92 Å². The summed E-state index contributed by atoms with van der Waals surface area (Å²) in [5, 5.41) is 4.19. The highest BCUT2D eigenvalue weighted by atomic mass is 16.2. The predicted octanol–water partition coefficient (Wildman–Crippen LogP) is 4.20. The Balaban J connectivity index is 2.01. The molecule has 0 saturated carbocycles. The minimum atomic E-state index is -0.195. The molecule has 2 rings (SSSR count). The Hall–Kier alpha value is -2.68. The molecule has 0 bridgehead atoms. The molecule has 0 saturated heterocycles. The Morgan fingerprint density at radius 2 is 1.77 bits per heavy atom. The number of hydrogen-bond donors (Lipinski definition) is 1. The normalized spacial score (nSPS) is 11.6. The molecule has 0 aromatic heterocycles. The number of allylic oxidation sites excluding steroid dienone is 1. The number of carbonyl (C=O) groups is 1. The highest BCUT2D eigenvalue weighted by molar-refractivity contribution is 6.00. The van der Waals surface area contributed by atoms with Crippen LogP contribution in [0.5, 0.6) is 0 Å². The van der Waals surface area contributed by atoms with Gasteiger partial charge in [0.15, 0.2) is 0 Å². The summed E-state index contributed by atoms with van der Waals surface area (Å²) in [6.45, 7) is 4.00. The van der Waals surface area contributed by atoms with Gasteiger partial charge in [-0.25, -0.2) is 5.43 Å². The van der Waals surface area contributed by atoms with Gasteiger partial charge in [0, 0.05) is 5.56 Å². The summed E-state index contributed by atoms with van der Waals surface area (Å²) in [5.41, 5.74) is 6.27. The first-order chi connectivity index (χ1) is 10.7. The lowest BCUT2D eigenvalue weighted by atomic mass is 10.1. The van der Waals surface area contributed by atoms with E-state index in [1.165, 1.54) is 0 Å². The van der Waals surface area contributed by atoms with Crippen LogP contribution in [-0.2, 0) is 0 Å². The standard InChI is InChI=1S/C19H20N2O/c1-3-18(14-11-16-7-5-4-6-8-16)20-21-19(22)17-12-9-15(2)10-13-17/h4-14H,3H2,1-2H3,(H,21,22)/b14-11+,20-18-. The van der Waals surface area contributed by atoms with Crippen molar-refractivity contribution < 1.29 is 4.79 Å². The molecule has 0 aliphatic carbocycles. The van der Waals surface area contributed by atoms with Crippen LogP contribution in [0.25, 0.3) is 6.08 Å². The number of nitrogens with zero attached hydrogens (tertiary/aromatic N) is 1. The Morgan fingerprint density at radius 3 is 2.41 bits per heavy atom. The average Bonchev–Trinajstić information content (AvgIpc) is 2.56. The minimum absolute atomic E-state index is 0.195. The first kappa shape index (κ1) is 15.7. The highest BCUT2D eigenvalue weighted by Crippen LogP contribution is 2.04. The summed E-state index contributed by atoms with van der Waals surface area (Å²) < 4.78 is 0. The zero-order valence-electron chi connectivity index (χ0n) is 12.9. The van der Waals surface area contributed by atoms with Gasteiger partial charge >= 0.3 is 0 Å². The van der Waals surface area contributed by atoms with Gasteiger partial charge < -0.3 is 0 Å². The molecule has 0 atom stereocenters. The average molecular weight is 292 g/mol. The van der Waals surface area contributed by atoms with Gasteiger partial charge in [-0.05, 0) is 37.1 Å². The Kier molecular flexibility index (Phi) is 5.66. The van der Waals surface area contributed by atoms with Crippen LogP contribution < -0.4 is 5.43 Å². The number of benzene rings is 2. The molecule has 0 radical (unpaired) electrons. The van der Waals surface area contributed by atoms with Gasteiger partial charge in [0.25, 0.3) is 5.91 Å². The molecule has 2 aromatic rings. The van der Waals surface area contributed by atoms with Crippen LogP contribution >= 0.6 is 0 Å². The fourth-order valence-electron chi connectivity index (χ4n) is 1.88. The quantitative estimate of drug-likeness (QED) is 0.651. The molecule has 0 spiro atoms. The Labute approximate surface area is 131 Å². The van der Waals surface area contributed by atoms with Crippen molar-refractivity contribution in [3.63, 3.8) is 0 Å². The minimum Gasteiger partial charge on any atom is -0.267 e. The van der Waals surface area contributed by atoms with Crippen molar-refractivity contribution in [2.75, 3.05) is 0 Å². The summed E-state index contributed by atoms with van der Waals surface area (Å²) in [6, 6.07) is 17.4. The molecule has 3 nitrogen and oxygen atoms in total. The molecule has 3 heteroatoms. The lowest BCUT2D eigenvalue weighted by Crippen LogP contribution is -2.19. The van der Waals surface area contributed by atoms with Gasteiger partial charge in [-0.2, -0.15) is 5.10 Å². The molecule has 112 valence electrons. The van der Waals surface area contributed by atoms with Crippen LogP contribution in [0.4, 0.5) is 0 Å². The Morgan fingerprint density at radius 1 is 1.09 bits per heavy atom. The summed E-state index contributed by atoms with van der Waals surface area (Å²) >= 11 is 0. The smallest absolute Gasteiger partial charge is 0.267 e. The van der Waals surface area contributed by atoms with Crippen LogP contribution in [0.2, 0.25) is 0 Å². The number of rotatable bonds is 5. The second kappa shape index (κ2) is 7.93. The van der Waals surface area contributed by atoms with Crippen molar-refractivity contribution in [3.8, 4) is 0 Å². The zero-order chi connectivity index (χ0) is 15.8. The van der Waals surface area contributed by atoms with Gasteiger partial charge in [0.1, 0.15) is 0 Å². The first-order valence-corrected chi connectivity index (χ1v) is 7.35. The maximum atomic E-state index is 12.0. The second-order valence-corrected chi connectivity index (χ2v) is 5.01. The van der Waals surface area contributed by atoms with Gasteiger partial charge in [0.05, 0.1) is 5.71 Å². The third-order valence-corrected chi connectivity index (χ3v) is 3.24. The van der Waals surface area contributed by atoms with Crippen molar-refractivity contribution in [1.29, 1.82) is 0 Å². The van der Waals surface area contributed by atoms with Crippen molar-refractivity contribution in [1.82, 2.24) is 5.43 Å². The Bertz CT molecular complexity index is 670. The maximum Gasteiger partial charge on any atom is 0.271 e. The lowest BCUT2D eigenvalue weighted by Gasteiger charge is -2.02. The van der Waals surface area contributed by atoms with Gasteiger partial charge in [-0.1, -0.05) is 61.0 Å². The van der Waals surface area contributed by atoms with Gasteiger partial charge in [-0.3, -0.25) is 4.79 Å². The summed E-state index contributed by atoms with van der Waals surface area (Å²) in [6.07, 6.45) is 4.66. The largest absolute Gasteiger partial charge is 0.271 e. The number of aryl methyl sites for hydroxylation is 1. The monoisotopic (exact) mass is 292 g/mol. The van der Waals surface area contributed by atoms with Crippen LogP contribution in [0.3, 0.4) is 0 Å². The SMILES string of the molecule is CCC(/C=C/c1ccccc1)=N/NC(=O)c1ccc(C)cc1. The number of nitrogens with one attached hydrogen (secondary N) is 1. The van der Waals surface area contributed by atoms with E-state index in [1.807, 2.05) is 68.5 Å². The number of hydrazone groups is 1. The summed E-state index contributed by atoms with van der Waals surface area (Å²) in [5.74, 6) is -0.195. The molecule has 0 heterocycles. The number of carbonyl (C=O) groups excluding carboxylic acids is 1. The lowest BCUT2D eigenvalue weighted by molar-refractivity contribution is 0.0955.